The van der Waals surface area contributed by atoms with Gasteiger partial charge in [-0.15, -0.1) is 49.0 Å². The minimum absolute atomic E-state index is 0.244. The number of benzene rings is 3. The lowest BCUT2D eigenvalue weighted by atomic mass is 10.0. The summed E-state index contributed by atoms with van der Waals surface area (Å²) >= 11 is 3.54. The highest BCUT2D eigenvalue weighted by molar-refractivity contribution is 7.19. The Morgan fingerprint density at radius 1 is 0.558 bits per heavy atom. The molecule has 0 bridgehead atoms. The van der Waals surface area contributed by atoms with Crippen LogP contribution in [0.5, 0.6) is 11.5 Å². The number of aromatic nitrogens is 2. The number of rotatable bonds is 6. The van der Waals surface area contributed by atoms with Gasteiger partial charge in [-0.3, -0.25) is 0 Å². The standard InChI is InChI=1S/C28H16F6N4O2S3/c29-27(30,31)39-15-5-1-3-13(11-15)17-7-9-19(41-17)21-23(35)24(36)22(26-25(21)37-43-38-26)20-10-8-18(42-20)14-4-2-6-16(12-14)40-28(32,33)34/h1-12H,35-36H2. The highest BCUT2D eigenvalue weighted by atomic mass is 32.1. The normalized spacial score (nSPS) is 12.1. The van der Waals surface area contributed by atoms with E-state index in [1.165, 1.54) is 59.1 Å². The Morgan fingerprint density at radius 2 is 0.953 bits per heavy atom. The molecule has 4 N–H and O–H groups in total. The summed E-state index contributed by atoms with van der Waals surface area (Å²) in [5.74, 6) is -0.678. The van der Waals surface area contributed by atoms with Gasteiger partial charge >= 0.3 is 12.7 Å². The van der Waals surface area contributed by atoms with Gasteiger partial charge in [-0.25, -0.2) is 0 Å². The van der Waals surface area contributed by atoms with E-state index in [1.807, 2.05) is 0 Å². The molecule has 6 aromatic rings. The zero-order valence-corrected chi connectivity index (χ0v) is 23.7. The highest BCUT2D eigenvalue weighted by Crippen LogP contribution is 2.49. The molecule has 0 unspecified atom stereocenters. The average Bonchev–Trinajstić information content (AvgIpc) is 3.70. The van der Waals surface area contributed by atoms with Crippen molar-refractivity contribution in [3.8, 4) is 53.3 Å². The van der Waals surface area contributed by atoms with Crippen LogP contribution in [0.4, 0.5) is 37.7 Å². The van der Waals surface area contributed by atoms with E-state index in [2.05, 4.69) is 18.2 Å². The maximum atomic E-state index is 12.7. The maximum Gasteiger partial charge on any atom is 0.573 e. The fraction of sp³-hybridized carbons (Fsp3) is 0.0714. The molecule has 0 amide bonds. The van der Waals surface area contributed by atoms with E-state index in [9.17, 15) is 26.3 Å². The summed E-state index contributed by atoms with van der Waals surface area (Å²) in [5, 5.41) is 0. The number of anilines is 2. The third-order valence-corrected chi connectivity index (χ3v) is 9.03. The fourth-order valence-corrected chi connectivity index (χ4v) is 7.17. The average molecular weight is 651 g/mol. The molecular formula is C28H16F6N4O2S3. The molecule has 3 aromatic heterocycles. The zero-order valence-electron chi connectivity index (χ0n) is 21.3. The van der Waals surface area contributed by atoms with Gasteiger partial charge in [0.1, 0.15) is 22.5 Å². The van der Waals surface area contributed by atoms with E-state index in [-0.39, 0.29) is 22.9 Å². The quantitative estimate of drug-likeness (QED) is 0.138. The number of halogens is 6. The lowest BCUT2D eigenvalue weighted by molar-refractivity contribution is -0.275. The number of nitrogens with zero attached hydrogens (tertiary/aromatic N) is 2. The minimum Gasteiger partial charge on any atom is -0.406 e. The monoisotopic (exact) mass is 650 g/mol. The Labute approximate surface area is 251 Å². The molecule has 15 heteroatoms. The molecule has 0 aliphatic heterocycles. The van der Waals surface area contributed by atoms with Gasteiger partial charge < -0.3 is 20.9 Å². The van der Waals surface area contributed by atoms with Crippen molar-refractivity contribution < 1.29 is 35.8 Å². The van der Waals surface area contributed by atoms with E-state index in [0.29, 0.717) is 52.8 Å². The summed E-state index contributed by atoms with van der Waals surface area (Å²) in [4.78, 5) is 2.69. The second-order valence-corrected chi connectivity index (χ2v) is 11.7. The SMILES string of the molecule is Nc1c(N)c(-c2ccc(-c3cccc(OC(F)(F)F)c3)s2)c2nsnc2c1-c1ccc(-c2cccc(OC(F)(F)F)c2)s1. The van der Waals surface area contributed by atoms with Crippen molar-refractivity contribution in [2.24, 2.45) is 0 Å². The van der Waals surface area contributed by atoms with E-state index in [0.717, 1.165) is 11.7 Å². The predicted octanol–water partition coefficient (Wildman–Crippen LogP) is 9.44. The van der Waals surface area contributed by atoms with E-state index < -0.39 is 12.7 Å². The molecule has 0 radical (unpaired) electrons. The number of fused-ring (bicyclic) bond motifs is 1. The fourth-order valence-electron chi connectivity index (χ4n) is 4.49. The number of ether oxygens (including phenoxy) is 2. The van der Waals surface area contributed by atoms with Gasteiger partial charge in [-0.1, -0.05) is 24.3 Å². The van der Waals surface area contributed by atoms with Gasteiger partial charge in [0.25, 0.3) is 0 Å². The van der Waals surface area contributed by atoms with Gasteiger partial charge in [0.05, 0.1) is 23.1 Å². The lowest BCUT2D eigenvalue weighted by Gasteiger charge is -2.12. The van der Waals surface area contributed by atoms with Crippen LogP contribution in [0.2, 0.25) is 0 Å². The van der Waals surface area contributed by atoms with Crippen LogP contribution >= 0.6 is 34.4 Å². The summed E-state index contributed by atoms with van der Waals surface area (Å²) in [5.41, 5.74) is 16.7. The van der Waals surface area contributed by atoms with Crippen LogP contribution in [0.3, 0.4) is 0 Å². The number of hydrogen-bond donors (Lipinski definition) is 2. The smallest absolute Gasteiger partial charge is 0.406 e. The van der Waals surface area contributed by atoms with Gasteiger partial charge in [-0.2, -0.15) is 8.75 Å². The number of thiophene rings is 2. The lowest BCUT2D eigenvalue weighted by Crippen LogP contribution is -2.17. The molecule has 0 fully saturated rings. The molecule has 220 valence electrons. The first-order valence-corrected chi connectivity index (χ1v) is 14.5. The van der Waals surface area contributed by atoms with Crippen molar-refractivity contribution in [3.63, 3.8) is 0 Å². The molecular weight excluding hydrogens is 635 g/mol. The van der Waals surface area contributed by atoms with E-state index in [4.69, 9.17) is 11.5 Å². The third kappa shape index (κ3) is 5.96. The van der Waals surface area contributed by atoms with Gasteiger partial charge in [0, 0.05) is 30.6 Å². The van der Waals surface area contributed by atoms with Crippen molar-refractivity contribution in [1.29, 1.82) is 0 Å². The third-order valence-electron chi connectivity index (χ3n) is 6.20. The van der Waals surface area contributed by atoms with Crippen LogP contribution < -0.4 is 20.9 Å². The van der Waals surface area contributed by atoms with Crippen LogP contribution in [0.15, 0.2) is 72.8 Å². The molecule has 6 rings (SSSR count). The Balaban J connectivity index is 1.37. The number of alkyl halides is 6. The largest absolute Gasteiger partial charge is 0.573 e. The maximum absolute atomic E-state index is 12.7. The van der Waals surface area contributed by atoms with Gasteiger partial charge in [-0.05, 0) is 59.7 Å². The molecule has 0 saturated heterocycles. The Morgan fingerprint density at radius 3 is 1.35 bits per heavy atom. The molecule has 6 nitrogen and oxygen atoms in total. The minimum atomic E-state index is -4.81. The summed E-state index contributed by atoms with van der Waals surface area (Å²) in [6, 6.07) is 18.4. The Bertz CT molecular complexity index is 1820. The second-order valence-electron chi connectivity index (χ2n) is 9.02. The number of hydrogen-bond acceptors (Lipinski definition) is 9. The van der Waals surface area contributed by atoms with Crippen LogP contribution in [-0.2, 0) is 0 Å². The van der Waals surface area contributed by atoms with Crippen molar-refractivity contribution in [2.45, 2.75) is 12.7 Å². The van der Waals surface area contributed by atoms with Gasteiger partial charge in [0.2, 0.25) is 0 Å². The summed E-state index contributed by atoms with van der Waals surface area (Å²) in [6.07, 6.45) is -9.63. The molecule has 0 spiro atoms. The molecule has 3 aromatic carbocycles. The van der Waals surface area contributed by atoms with Crippen molar-refractivity contribution in [3.05, 3.63) is 72.8 Å². The Hall–Kier alpha value is -4.34. The van der Waals surface area contributed by atoms with Crippen molar-refractivity contribution in [1.82, 2.24) is 8.75 Å². The molecule has 0 aliphatic carbocycles. The summed E-state index contributed by atoms with van der Waals surface area (Å²) in [6.45, 7) is 0. The molecule has 3 heterocycles. The second kappa shape index (κ2) is 10.7. The molecule has 0 saturated carbocycles. The molecule has 43 heavy (non-hydrogen) atoms. The summed E-state index contributed by atoms with van der Waals surface area (Å²) in [7, 11) is 0. The first-order valence-electron chi connectivity index (χ1n) is 12.1. The van der Waals surface area contributed by atoms with Crippen molar-refractivity contribution in [2.75, 3.05) is 11.5 Å². The van der Waals surface area contributed by atoms with Crippen LogP contribution in [-0.4, -0.2) is 21.5 Å². The topological polar surface area (TPSA) is 96.3 Å². The van der Waals surface area contributed by atoms with Crippen molar-refractivity contribution >= 4 is 56.8 Å². The first-order chi connectivity index (χ1) is 20.4. The number of nitrogens with two attached hydrogens (primary N) is 2. The zero-order chi connectivity index (χ0) is 30.5. The van der Waals surface area contributed by atoms with E-state index >= 15 is 0 Å². The molecule has 0 atom stereocenters. The highest BCUT2D eigenvalue weighted by Gasteiger charge is 2.32. The van der Waals surface area contributed by atoms with Crippen LogP contribution in [0, 0.1) is 0 Å². The van der Waals surface area contributed by atoms with Crippen LogP contribution in [0.1, 0.15) is 0 Å². The number of nitrogen functional groups attached to an aromatic ring is 2. The molecule has 0 aliphatic rings. The van der Waals surface area contributed by atoms with E-state index in [1.54, 1.807) is 36.4 Å². The van der Waals surface area contributed by atoms with Crippen LogP contribution in [0.25, 0.3) is 52.8 Å². The Kier molecular flexibility index (Phi) is 7.18. The van der Waals surface area contributed by atoms with Gasteiger partial charge in [0.15, 0.2) is 0 Å². The first kappa shape index (κ1) is 28.8. The predicted molar refractivity (Wildman–Crippen MR) is 157 cm³/mol. The summed E-state index contributed by atoms with van der Waals surface area (Å²) < 4.78 is 93.3.